The number of esters is 1. The number of rotatable bonds is 8. The smallest absolute Gasteiger partial charge is 0.331 e. The maximum absolute atomic E-state index is 12.5. The molecule has 6 heteroatoms. The highest BCUT2D eigenvalue weighted by Gasteiger charge is 2.49. The number of carbonyl (C=O) groups excluding carboxylic acids is 1. The van der Waals surface area contributed by atoms with Crippen LogP contribution in [0.15, 0.2) is 79.4 Å². The van der Waals surface area contributed by atoms with E-state index in [1.807, 2.05) is 36.4 Å². The van der Waals surface area contributed by atoms with E-state index in [0.717, 1.165) is 5.56 Å². The topological polar surface area (TPSA) is 85.2 Å². The predicted molar refractivity (Wildman–Crippen MR) is 108 cm³/mol. The van der Waals surface area contributed by atoms with E-state index in [1.54, 1.807) is 30.3 Å². The lowest BCUT2D eigenvalue weighted by Gasteiger charge is -2.27. The van der Waals surface area contributed by atoms with Crippen molar-refractivity contribution in [2.24, 2.45) is 0 Å². The third-order valence-corrected chi connectivity index (χ3v) is 4.54. The van der Waals surface area contributed by atoms with Gasteiger partial charge in [-0.25, -0.2) is 4.79 Å². The molecule has 0 radical (unpaired) electrons. The largest absolute Gasteiger partial charge is 0.451 e. The van der Waals surface area contributed by atoms with Crippen molar-refractivity contribution in [3.8, 4) is 0 Å². The minimum absolute atomic E-state index is 0.150. The Morgan fingerprint density at radius 1 is 1.10 bits per heavy atom. The van der Waals surface area contributed by atoms with Crippen LogP contribution in [0.5, 0.6) is 0 Å². The molecule has 1 aliphatic heterocycles. The van der Waals surface area contributed by atoms with Crippen molar-refractivity contribution in [2.45, 2.75) is 30.7 Å². The Labute approximate surface area is 169 Å². The second kappa shape index (κ2) is 10.1. The molecular formula is C23H24O6. The molecule has 29 heavy (non-hydrogen) atoms. The molecule has 0 spiro atoms. The van der Waals surface area contributed by atoms with Gasteiger partial charge in [0.05, 0.1) is 6.61 Å². The van der Waals surface area contributed by atoms with Gasteiger partial charge in [-0.1, -0.05) is 66.7 Å². The number of carbonyl (C=O) groups is 1. The van der Waals surface area contributed by atoms with Gasteiger partial charge in [0.15, 0.2) is 12.4 Å². The van der Waals surface area contributed by atoms with Gasteiger partial charge >= 0.3 is 5.97 Å². The minimum atomic E-state index is -1.44. The molecule has 5 atom stereocenters. The average molecular weight is 396 g/mol. The SMILES string of the molecule is C=CCO[C@H]1[C@@H]([C@H](OC(=O)/C=C/c2ccccc2)c2ccccc2)OC(O)[C@@H]1O. The zero-order chi connectivity index (χ0) is 20.6. The van der Waals surface area contributed by atoms with Gasteiger partial charge in [-0.3, -0.25) is 0 Å². The first-order chi connectivity index (χ1) is 14.1. The summed E-state index contributed by atoms with van der Waals surface area (Å²) in [4.78, 5) is 12.5. The second-order valence-corrected chi connectivity index (χ2v) is 6.58. The molecule has 1 aliphatic rings. The molecule has 6 nitrogen and oxygen atoms in total. The van der Waals surface area contributed by atoms with Crippen LogP contribution in [0.3, 0.4) is 0 Å². The highest BCUT2D eigenvalue weighted by atomic mass is 16.7. The van der Waals surface area contributed by atoms with Crippen molar-refractivity contribution < 1.29 is 29.2 Å². The fourth-order valence-electron chi connectivity index (χ4n) is 3.15. The number of aliphatic hydroxyl groups excluding tert-OH is 2. The summed E-state index contributed by atoms with van der Waals surface area (Å²) in [6.07, 6.45) is -0.881. The summed E-state index contributed by atoms with van der Waals surface area (Å²) < 4.78 is 16.8. The van der Waals surface area contributed by atoms with Crippen LogP contribution < -0.4 is 0 Å². The van der Waals surface area contributed by atoms with E-state index in [1.165, 1.54) is 12.2 Å². The van der Waals surface area contributed by atoms with Crippen LogP contribution in [-0.2, 0) is 19.0 Å². The number of hydrogen-bond acceptors (Lipinski definition) is 6. The van der Waals surface area contributed by atoms with Gasteiger partial charge in [-0.05, 0) is 17.2 Å². The van der Waals surface area contributed by atoms with Crippen LogP contribution in [0.4, 0.5) is 0 Å². The molecular weight excluding hydrogens is 372 g/mol. The summed E-state index contributed by atoms with van der Waals surface area (Å²) in [6, 6.07) is 18.4. The lowest BCUT2D eigenvalue weighted by molar-refractivity contribution is -0.170. The standard InChI is InChI=1S/C23H24O6/c1-2-15-27-21-19(25)23(26)29-22(21)20(17-11-7-4-8-12-17)28-18(24)14-13-16-9-5-3-6-10-16/h2-14,19-23,25-26H,1,15H2/b14-13+/t19-,20-,21-,22-,23?/m1/s1. The lowest BCUT2D eigenvalue weighted by Crippen LogP contribution is -2.39. The Morgan fingerprint density at radius 3 is 2.41 bits per heavy atom. The number of ether oxygens (including phenoxy) is 3. The molecule has 2 aromatic carbocycles. The molecule has 3 rings (SSSR count). The van der Waals surface area contributed by atoms with Crippen molar-refractivity contribution in [3.05, 3.63) is 90.5 Å². The van der Waals surface area contributed by atoms with Gasteiger partial charge in [0, 0.05) is 6.08 Å². The van der Waals surface area contributed by atoms with Crippen molar-refractivity contribution in [1.82, 2.24) is 0 Å². The van der Waals surface area contributed by atoms with Crippen molar-refractivity contribution >= 4 is 12.0 Å². The first kappa shape index (κ1) is 21.0. The van der Waals surface area contributed by atoms with Gasteiger partial charge in [-0.2, -0.15) is 0 Å². The molecule has 0 saturated carbocycles. The molecule has 1 saturated heterocycles. The number of aliphatic hydroxyl groups is 2. The minimum Gasteiger partial charge on any atom is -0.451 e. The monoisotopic (exact) mass is 396 g/mol. The molecule has 0 aromatic heterocycles. The fraction of sp³-hybridized carbons (Fsp3) is 0.261. The Morgan fingerprint density at radius 2 is 1.76 bits per heavy atom. The second-order valence-electron chi connectivity index (χ2n) is 6.58. The van der Waals surface area contributed by atoms with Crippen LogP contribution in [0.2, 0.25) is 0 Å². The van der Waals surface area contributed by atoms with E-state index in [2.05, 4.69) is 6.58 Å². The summed E-state index contributed by atoms with van der Waals surface area (Å²) in [5.74, 6) is -0.579. The molecule has 0 bridgehead atoms. The highest BCUT2D eigenvalue weighted by molar-refractivity contribution is 5.87. The Balaban J connectivity index is 1.82. The fourth-order valence-corrected chi connectivity index (χ4v) is 3.15. The first-order valence-corrected chi connectivity index (χ1v) is 9.33. The highest BCUT2D eigenvalue weighted by Crippen LogP contribution is 2.34. The van der Waals surface area contributed by atoms with Crippen LogP contribution in [0.1, 0.15) is 17.2 Å². The molecule has 2 aromatic rings. The van der Waals surface area contributed by atoms with E-state index in [4.69, 9.17) is 14.2 Å². The summed E-state index contributed by atoms with van der Waals surface area (Å²) >= 11 is 0. The van der Waals surface area contributed by atoms with E-state index in [9.17, 15) is 15.0 Å². The van der Waals surface area contributed by atoms with Gasteiger partial charge < -0.3 is 24.4 Å². The van der Waals surface area contributed by atoms with Gasteiger partial charge in [0.25, 0.3) is 0 Å². The van der Waals surface area contributed by atoms with Gasteiger partial charge in [-0.15, -0.1) is 6.58 Å². The molecule has 2 N–H and O–H groups in total. The van der Waals surface area contributed by atoms with E-state index in [-0.39, 0.29) is 6.61 Å². The van der Waals surface area contributed by atoms with Crippen molar-refractivity contribution in [3.63, 3.8) is 0 Å². The lowest BCUT2D eigenvalue weighted by atomic mass is 9.99. The average Bonchev–Trinajstić information content (AvgIpc) is 3.04. The van der Waals surface area contributed by atoms with E-state index >= 15 is 0 Å². The third-order valence-electron chi connectivity index (χ3n) is 4.54. The Kier molecular flexibility index (Phi) is 7.32. The normalized spacial score (nSPS) is 25.0. The Bertz CT molecular complexity index is 820. The molecule has 1 heterocycles. The van der Waals surface area contributed by atoms with Gasteiger partial charge in [0.1, 0.15) is 18.3 Å². The zero-order valence-electron chi connectivity index (χ0n) is 15.8. The zero-order valence-corrected chi connectivity index (χ0v) is 15.8. The van der Waals surface area contributed by atoms with E-state index in [0.29, 0.717) is 5.56 Å². The van der Waals surface area contributed by atoms with Crippen molar-refractivity contribution in [1.29, 1.82) is 0 Å². The van der Waals surface area contributed by atoms with Crippen LogP contribution in [0, 0.1) is 0 Å². The van der Waals surface area contributed by atoms with Crippen LogP contribution >= 0.6 is 0 Å². The van der Waals surface area contributed by atoms with Crippen LogP contribution in [0.25, 0.3) is 6.08 Å². The summed E-state index contributed by atoms with van der Waals surface area (Å²) in [7, 11) is 0. The molecule has 1 fully saturated rings. The maximum Gasteiger partial charge on any atom is 0.331 e. The third kappa shape index (κ3) is 5.40. The number of hydrogen-bond donors (Lipinski definition) is 2. The quantitative estimate of drug-likeness (QED) is 0.405. The van der Waals surface area contributed by atoms with Crippen molar-refractivity contribution in [2.75, 3.05) is 6.61 Å². The van der Waals surface area contributed by atoms with Gasteiger partial charge in [0.2, 0.25) is 0 Å². The Hall–Kier alpha value is -2.77. The molecule has 1 unspecified atom stereocenters. The maximum atomic E-state index is 12.5. The van der Waals surface area contributed by atoms with E-state index < -0.39 is 36.7 Å². The first-order valence-electron chi connectivity index (χ1n) is 9.33. The van der Waals surface area contributed by atoms with Crippen LogP contribution in [-0.4, -0.2) is 47.4 Å². The summed E-state index contributed by atoms with van der Waals surface area (Å²) in [5, 5.41) is 20.2. The molecule has 152 valence electrons. The number of benzene rings is 2. The molecule has 0 aliphatic carbocycles. The predicted octanol–water partition coefficient (Wildman–Crippen LogP) is 2.63. The summed E-state index contributed by atoms with van der Waals surface area (Å²) in [5.41, 5.74) is 1.52. The molecule has 0 amide bonds. The summed E-state index contributed by atoms with van der Waals surface area (Å²) in [6.45, 7) is 3.74.